The molecule has 0 radical (unpaired) electrons. The van der Waals surface area contributed by atoms with Gasteiger partial charge in [0.1, 0.15) is 0 Å². The van der Waals surface area contributed by atoms with E-state index in [0.29, 0.717) is 17.1 Å². The van der Waals surface area contributed by atoms with Crippen molar-refractivity contribution in [3.63, 3.8) is 0 Å². The first-order valence-corrected chi connectivity index (χ1v) is 4.68. The highest BCUT2D eigenvalue weighted by atomic mass is 16.5. The molecular formula is C12H14O4. The summed E-state index contributed by atoms with van der Waals surface area (Å²) in [6.45, 7) is 0. The Kier molecular flexibility index (Phi) is 4.39. The molecule has 16 heavy (non-hydrogen) atoms. The number of benzene rings is 1. The summed E-state index contributed by atoms with van der Waals surface area (Å²) in [4.78, 5) is 11.6. The fraction of sp³-hybridized carbons (Fsp3) is 0.250. The molecular weight excluding hydrogens is 208 g/mol. The van der Waals surface area contributed by atoms with Crippen molar-refractivity contribution in [2.45, 2.75) is 0 Å². The van der Waals surface area contributed by atoms with Gasteiger partial charge in [0.15, 0.2) is 17.3 Å². The van der Waals surface area contributed by atoms with Crippen LogP contribution in [0, 0.1) is 0 Å². The standard InChI is InChI=1S/C12H14O4/c1-14-7-6-10(13)9-4-5-11(15-2)12(8-9)16-3/h4-8H,1-3H3. The molecule has 0 unspecified atom stereocenters. The second-order valence-electron chi connectivity index (χ2n) is 2.97. The van der Waals surface area contributed by atoms with Crippen molar-refractivity contribution in [3.8, 4) is 11.5 Å². The fourth-order valence-corrected chi connectivity index (χ4v) is 1.22. The van der Waals surface area contributed by atoms with E-state index in [9.17, 15) is 4.79 Å². The molecule has 0 heterocycles. The summed E-state index contributed by atoms with van der Waals surface area (Å²) in [7, 11) is 4.56. The van der Waals surface area contributed by atoms with E-state index in [0.717, 1.165) is 0 Å². The molecule has 0 fully saturated rings. The van der Waals surface area contributed by atoms with Crippen LogP contribution in [0.4, 0.5) is 0 Å². The maximum Gasteiger partial charge on any atom is 0.189 e. The first kappa shape index (κ1) is 12.1. The van der Waals surface area contributed by atoms with Gasteiger partial charge >= 0.3 is 0 Å². The van der Waals surface area contributed by atoms with E-state index < -0.39 is 0 Å². The summed E-state index contributed by atoms with van der Waals surface area (Å²) >= 11 is 0. The van der Waals surface area contributed by atoms with Crippen molar-refractivity contribution in [2.24, 2.45) is 0 Å². The van der Waals surface area contributed by atoms with Crippen molar-refractivity contribution >= 4 is 5.78 Å². The number of carbonyl (C=O) groups excluding carboxylic acids is 1. The van der Waals surface area contributed by atoms with Crippen LogP contribution in [0.2, 0.25) is 0 Å². The molecule has 0 aromatic heterocycles. The smallest absolute Gasteiger partial charge is 0.189 e. The summed E-state index contributed by atoms with van der Waals surface area (Å²) in [5.74, 6) is 0.969. The Bertz CT molecular complexity index is 396. The van der Waals surface area contributed by atoms with Crippen molar-refractivity contribution < 1.29 is 19.0 Å². The maximum absolute atomic E-state index is 11.6. The zero-order chi connectivity index (χ0) is 12.0. The van der Waals surface area contributed by atoms with Crippen LogP contribution < -0.4 is 9.47 Å². The normalized spacial score (nSPS) is 10.2. The van der Waals surface area contributed by atoms with Crippen LogP contribution in [0.3, 0.4) is 0 Å². The largest absolute Gasteiger partial charge is 0.504 e. The van der Waals surface area contributed by atoms with E-state index >= 15 is 0 Å². The first-order chi connectivity index (χ1) is 7.72. The molecule has 0 amide bonds. The minimum Gasteiger partial charge on any atom is -0.504 e. The molecule has 0 spiro atoms. The lowest BCUT2D eigenvalue weighted by atomic mass is 10.1. The van der Waals surface area contributed by atoms with Crippen LogP contribution in [-0.2, 0) is 4.74 Å². The highest BCUT2D eigenvalue weighted by Crippen LogP contribution is 2.27. The van der Waals surface area contributed by atoms with Gasteiger partial charge in [0.25, 0.3) is 0 Å². The third-order valence-electron chi connectivity index (χ3n) is 2.02. The molecule has 0 aliphatic heterocycles. The topological polar surface area (TPSA) is 44.8 Å². The van der Waals surface area contributed by atoms with Gasteiger partial charge in [-0.05, 0) is 18.2 Å². The minimum absolute atomic E-state index is 0.150. The number of ether oxygens (including phenoxy) is 3. The third kappa shape index (κ3) is 2.76. The SMILES string of the molecule is COC=CC(=O)c1ccc(OC)c(OC)c1. The monoisotopic (exact) mass is 222 g/mol. The zero-order valence-electron chi connectivity index (χ0n) is 9.52. The second-order valence-corrected chi connectivity index (χ2v) is 2.97. The lowest BCUT2D eigenvalue weighted by Gasteiger charge is -2.07. The molecule has 1 aromatic rings. The van der Waals surface area contributed by atoms with Crippen LogP contribution in [0.15, 0.2) is 30.5 Å². The van der Waals surface area contributed by atoms with E-state index in [1.165, 1.54) is 26.6 Å². The van der Waals surface area contributed by atoms with Crippen LogP contribution in [-0.4, -0.2) is 27.1 Å². The third-order valence-corrected chi connectivity index (χ3v) is 2.02. The Morgan fingerprint density at radius 3 is 2.38 bits per heavy atom. The fourth-order valence-electron chi connectivity index (χ4n) is 1.22. The Morgan fingerprint density at radius 1 is 1.12 bits per heavy atom. The average Bonchev–Trinajstić information content (AvgIpc) is 2.34. The molecule has 1 rings (SSSR count). The molecule has 0 atom stereocenters. The Hall–Kier alpha value is -1.97. The summed E-state index contributed by atoms with van der Waals surface area (Å²) < 4.78 is 14.9. The van der Waals surface area contributed by atoms with E-state index in [4.69, 9.17) is 9.47 Å². The van der Waals surface area contributed by atoms with Gasteiger partial charge < -0.3 is 14.2 Å². The van der Waals surface area contributed by atoms with E-state index in [1.54, 1.807) is 25.3 Å². The van der Waals surface area contributed by atoms with Crippen molar-refractivity contribution in [1.29, 1.82) is 0 Å². The number of methoxy groups -OCH3 is 3. The highest BCUT2D eigenvalue weighted by molar-refractivity contribution is 6.04. The molecule has 0 aliphatic carbocycles. The highest BCUT2D eigenvalue weighted by Gasteiger charge is 2.08. The van der Waals surface area contributed by atoms with Gasteiger partial charge in [0.2, 0.25) is 0 Å². The Morgan fingerprint density at radius 2 is 1.81 bits per heavy atom. The molecule has 1 aromatic carbocycles. The van der Waals surface area contributed by atoms with Gasteiger partial charge in [-0.3, -0.25) is 4.79 Å². The van der Waals surface area contributed by atoms with Crippen LogP contribution in [0.5, 0.6) is 11.5 Å². The van der Waals surface area contributed by atoms with Crippen LogP contribution in [0.1, 0.15) is 10.4 Å². The molecule has 0 N–H and O–H groups in total. The maximum atomic E-state index is 11.6. The molecule has 4 nitrogen and oxygen atoms in total. The molecule has 0 aliphatic rings. The number of hydrogen-bond acceptors (Lipinski definition) is 4. The Balaban J connectivity index is 2.98. The number of allylic oxidation sites excluding steroid dienone is 1. The van der Waals surface area contributed by atoms with Gasteiger partial charge in [-0.15, -0.1) is 0 Å². The molecule has 0 saturated heterocycles. The summed E-state index contributed by atoms with van der Waals surface area (Å²) in [6.07, 6.45) is 2.68. The second kappa shape index (κ2) is 5.80. The molecule has 4 heteroatoms. The van der Waals surface area contributed by atoms with Crippen LogP contribution >= 0.6 is 0 Å². The number of carbonyl (C=O) groups is 1. The zero-order valence-corrected chi connectivity index (χ0v) is 9.52. The van der Waals surface area contributed by atoms with E-state index in [1.807, 2.05) is 0 Å². The lowest BCUT2D eigenvalue weighted by molar-refractivity contribution is 0.104. The summed E-state index contributed by atoms with van der Waals surface area (Å²) in [5.41, 5.74) is 0.519. The average molecular weight is 222 g/mol. The van der Waals surface area contributed by atoms with Crippen molar-refractivity contribution in [2.75, 3.05) is 21.3 Å². The first-order valence-electron chi connectivity index (χ1n) is 4.68. The minimum atomic E-state index is -0.150. The number of ketones is 1. The number of rotatable bonds is 5. The quantitative estimate of drug-likeness (QED) is 0.434. The molecule has 0 saturated carbocycles. The Labute approximate surface area is 94.4 Å². The van der Waals surface area contributed by atoms with Gasteiger partial charge in [0.05, 0.1) is 27.6 Å². The van der Waals surface area contributed by atoms with Gasteiger partial charge in [-0.25, -0.2) is 0 Å². The van der Waals surface area contributed by atoms with Gasteiger partial charge in [0, 0.05) is 11.6 Å². The predicted octanol–water partition coefficient (Wildman–Crippen LogP) is 2.05. The van der Waals surface area contributed by atoms with E-state index in [2.05, 4.69) is 4.74 Å². The van der Waals surface area contributed by atoms with Gasteiger partial charge in [-0.1, -0.05) is 0 Å². The molecule has 0 bridgehead atoms. The summed E-state index contributed by atoms with van der Waals surface area (Å²) in [5, 5.41) is 0. The number of hydrogen-bond donors (Lipinski definition) is 0. The molecule has 86 valence electrons. The van der Waals surface area contributed by atoms with Crippen molar-refractivity contribution in [1.82, 2.24) is 0 Å². The lowest BCUT2D eigenvalue weighted by Crippen LogP contribution is -1.97. The van der Waals surface area contributed by atoms with E-state index in [-0.39, 0.29) is 5.78 Å². The van der Waals surface area contributed by atoms with Gasteiger partial charge in [-0.2, -0.15) is 0 Å². The predicted molar refractivity (Wildman–Crippen MR) is 60.0 cm³/mol. The van der Waals surface area contributed by atoms with Crippen LogP contribution in [0.25, 0.3) is 0 Å². The summed E-state index contributed by atoms with van der Waals surface area (Å²) in [6, 6.07) is 4.98. The van der Waals surface area contributed by atoms with Crippen molar-refractivity contribution in [3.05, 3.63) is 36.1 Å².